The van der Waals surface area contributed by atoms with E-state index in [9.17, 15) is 0 Å². The van der Waals surface area contributed by atoms with Crippen LogP contribution in [0.1, 0.15) is 40.8 Å². The Morgan fingerprint density at radius 1 is 0.483 bits per heavy atom. The van der Waals surface area contributed by atoms with Crippen molar-refractivity contribution in [2.45, 2.75) is 49.0 Å². The largest absolute Gasteiger partial charge is 0.530 e. The van der Waals surface area contributed by atoms with E-state index in [-0.39, 0.29) is 7.43 Å². The smallest absolute Gasteiger partial charge is 0.408 e. The lowest BCUT2D eigenvalue weighted by atomic mass is 10.1. The van der Waals surface area contributed by atoms with Gasteiger partial charge in [0, 0.05) is 0 Å². The summed E-state index contributed by atoms with van der Waals surface area (Å²) < 4.78 is 18.6. The molecule has 0 fully saturated rings. The van der Waals surface area contributed by atoms with Gasteiger partial charge >= 0.3 is 8.60 Å². The summed E-state index contributed by atoms with van der Waals surface area (Å²) in [5.74, 6) is 2.31. The average Bonchev–Trinajstić information content (AvgIpc) is 2.62. The highest BCUT2D eigenvalue weighted by molar-refractivity contribution is 7.43. The third-order valence-electron chi connectivity index (χ3n) is 4.51. The second-order valence-corrected chi connectivity index (χ2v) is 8.30. The molecular formula is C25H31O3P. The number of rotatable bonds is 6. The van der Waals surface area contributed by atoms with E-state index in [1.807, 2.05) is 57.2 Å². The minimum atomic E-state index is -1.67. The topological polar surface area (TPSA) is 27.7 Å². The van der Waals surface area contributed by atoms with Crippen molar-refractivity contribution in [2.24, 2.45) is 0 Å². The molecule has 0 saturated carbocycles. The molecule has 0 amide bonds. The number of benzene rings is 3. The van der Waals surface area contributed by atoms with Crippen LogP contribution in [-0.2, 0) is 0 Å². The van der Waals surface area contributed by atoms with Crippen LogP contribution in [0.4, 0.5) is 0 Å². The molecule has 0 bridgehead atoms. The Kier molecular flexibility index (Phi) is 7.70. The zero-order valence-electron chi connectivity index (χ0n) is 17.4. The minimum absolute atomic E-state index is 0. The first kappa shape index (κ1) is 22.8. The molecule has 0 spiro atoms. The lowest BCUT2D eigenvalue weighted by Crippen LogP contribution is -2.05. The minimum Gasteiger partial charge on any atom is -0.408 e. The average molecular weight is 410 g/mol. The van der Waals surface area contributed by atoms with Gasteiger partial charge in [0.2, 0.25) is 0 Å². The first-order valence-corrected chi connectivity index (χ1v) is 10.5. The number of hydrogen-bond acceptors (Lipinski definition) is 3. The van der Waals surface area contributed by atoms with Crippen LogP contribution in [0, 0.1) is 41.5 Å². The number of aryl methyl sites for hydroxylation is 6. The Bertz CT molecular complexity index is 855. The molecule has 0 aromatic heterocycles. The van der Waals surface area contributed by atoms with E-state index in [1.165, 1.54) is 16.7 Å². The lowest BCUT2D eigenvalue weighted by Gasteiger charge is -2.21. The van der Waals surface area contributed by atoms with Crippen molar-refractivity contribution < 1.29 is 13.6 Å². The molecular weight excluding hydrogens is 379 g/mol. The van der Waals surface area contributed by atoms with Gasteiger partial charge in [0.15, 0.2) is 0 Å². The first-order chi connectivity index (χ1) is 13.3. The van der Waals surface area contributed by atoms with Crippen molar-refractivity contribution in [2.75, 3.05) is 0 Å². The van der Waals surface area contributed by atoms with Crippen LogP contribution in [0.25, 0.3) is 0 Å². The van der Waals surface area contributed by atoms with Crippen molar-refractivity contribution in [3.05, 3.63) is 88.0 Å². The predicted molar refractivity (Wildman–Crippen MR) is 123 cm³/mol. The molecule has 0 saturated heterocycles. The Balaban J connectivity index is 0.00000300. The van der Waals surface area contributed by atoms with Crippen LogP contribution in [0.5, 0.6) is 17.2 Å². The van der Waals surface area contributed by atoms with E-state index in [1.54, 1.807) is 0 Å². The normalized spacial score (nSPS) is 10.4. The van der Waals surface area contributed by atoms with E-state index in [2.05, 4.69) is 39.0 Å². The molecule has 3 nitrogen and oxygen atoms in total. The van der Waals surface area contributed by atoms with E-state index < -0.39 is 8.60 Å². The Hall–Kier alpha value is -2.51. The Morgan fingerprint density at radius 3 is 1.00 bits per heavy atom. The maximum absolute atomic E-state index is 6.20. The maximum atomic E-state index is 6.20. The molecule has 0 atom stereocenters. The van der Waals surface area contributed by atoms with E-state index in [0.29, 0.717) is 0 Å². The van der Waals surface area contributed by atoms with E-state index in [4.69, 9.17) is 13.6 Å². The molecule has 29 heavy (non-hydrogen) atoms. The summed E-state index contributed by atoms with van der Waals surface area (Å²) in [5, 5.41) is 0. The van der Waals surface area contributed by atoms with Crippen LogP contribution in [0.2, 0.25) is 0 Å². The molecule has 0 aliphatic carbocycles. The summed E-state index contributed by atoms with van der Waals surface area (Å²) in [6.45, 7) is 12.3. The third-order valence-corrected chi connectivity index (χ3v) is 5.55. The monoisotopic (exact) mass is 410 g/mol. The van der Waals surface area contributed by atoms with Gasteiger partial charge in [0.1, 0.15) is 17.2 Å². The highest BCUT2D eigenvalue weighted by Gasteiger charge is 2.22. The summed E-state index contributed by atoms with van der Waals surface area (Å²) >= 11 is 0. The van der Waals surface area contributed by atoms with Crippen LogP contribution in [-0.4, -0.2) is 0 Å². The summed E-state index contributed by atoms with van der Waals surface area (Å²) in [7, 11) is -1.67. The quantitative estimate of drug-likeness (QED) is 0.386. The standard InChI is InChI=1S/C24H27O3P.CH4/c1-16-7-10-22(19(4)13-16)25-28(26-23-11-8-17(2)14-20(23)5)27-24-12-9-18(3)15-21(24)6;/h7-15H,1-6H3;1H4. The van der Waals surface area contributed by atoms with Crippen LogP contribution < -0.4 is 13.6 Å². The Morgan fingerprint density at radius 2 is 0.759 bits per heavy atom. The van der Waals surface area contributed by atoms with Gasteiger partial charge in [0.05, 0.1) is 0 Å². The highest BCUT2D eigenvalue weighted by atomic mass is 31.2. The van der Waals surface area contributed by atoms with E-state index in [0.717, 1.165) is 33.9 Å². The zero-order valence-corrected chi connectivity index (χ0v) is 18.3. The van der Waals surface area contributed by atoms with Crippen molar-refractivity contribution in [1.82, 2.24) is 0 Å². The summed E-state index contributed by atoms with van der Waals surface area (Å²) in [5.41, 5.74) is 6.75. The molecule has 0 aliphatic heterocycles. The summed E-state index contributed by atoms with van der Waals surface area (Å²) in [6.07, 6.45) is 0. The van der Waals surface area contributed by atoms with Gasteiger partial charge in [-0.05, 0) is 76.4 Å². The van der Waals surface area contributed by atoms with Gasteiger partial charge in [-0.1, -0.05) is 60.5 Å². The molecule has 4 heteroatoms. The maximum Gasteiger partial charge on any atom is 0.530 e. The fraction of sp³-hybridized carbons (Fsp3) is 0.280. The summed E-state index contributed by atoms with van der Waals surface area (Å²) in [4.78, 5) is 0. The Labute approximate surface area is 176 Å². The number of hydrogen-bond donors (Lipinski definition) is 0. The molecule has 0 radical (unpaired) electrons. The van der Waals surface area contributed by atoms with E-state index >= 15 is 0 Å². The van der Waals surface area contributed by atoms with Crippen molar-refractivity contribution in [3.8, 4) is 17.2 Å². The fourth-order valence-corrected chi connectivity index (χ4v) is 4.21. The molecule has 0 heterocycles. The fourth-order valence-electron chi connectivity index (χ4n) is 3.00. The second-order valence-electron chi connectivity index (χ2n) is 7.30. The molecule has 3 rings (SSSR count). The SMILES string of the molecule is C.Cc1ccc(OP(Oc2ccc(C)cc2C)Oc2ccc(C)cc2C)c(C)c1. The molecule has 3 aromatic carbocycles. The highest BCUT2D eigenvalue weighted by Crippen LogP contribution is 2.44. The van der Waals surface area contributed by atoms with Crippen molar-refractivity contribution >= 4 is 8.60 Å². The van der Waals surface area contributed by atoms with Crippen LogP contribution in [0.3, 0.4) is 0 Å². The molecule has 0 N–H and O–H groups in total. The molecule has 3 aromatic rings. The zero-order chi connectivity index (χ0) is 20.3. The second kappa shape index (κ2) is 9.80. The first-order valence-electron chi connectivity index (χ1n) is 9.37. The van der Waals surface area contributed by atoms with Gasteiger partial charge < -0.3 is 13.6 Å². The molecule has 0 aliphatic rings. The summed E-state index contributed by atoms with van der Waals surface area (Å²) in [6, 6.07) is 18.3. The molecule has 154 valence electrons. The van der Waals surface area contributed by atoms with Gasteiger partial charge in [0.25, 0.3) is 0 Å². The predicted octanol–water partition coefficient (Wildman–Crippen LogP) is 7.94. The lowest BCUT2D eigenvalue weighted by molar-refractivity contribution is 0.385. The van der Waals surface area contributed by atoms with Crippen molar-refractivity contribution in [1.29, 1.82) is 0 Å². The molecule has 0 unspecified atom stereocenters. The van der Waals surface area contributed by atoms with Gasteiger partial charge in [-0.25, -0.2) is 0 Å². The van der Waals surface area contributed by atoms with Gasteiger partial charge in [-0.15, -0.1) is 0 Å². The van der Waals surface area contributed by atoms with Gasteiger partial charge in [-0.2, -0.15) is 0 Å². The van der Waals surface area contributed by atoms with Crippen molar-refractivity contribution in [3.63, 3.8) is 0 Å². The van der Waals surface area contributed by atoms with Crippen LogP contribution in [0.15, 0.2) is 54.6 Å². The van der Waals surface area contributed by atoms with Gasteiger partial charge in [-0.3, -0.25) is 0 Å². The van der Waals surface area contributed by atoms with Crippen LogP contribution >= 0.6 is 8.60 Å². The third kappa shape index (κ3) is 5.98.